The lowest BCUT2D eigenvalue weighted by Gasteiger charge is -2.18. The third-order valence-electron chi connectivity index (χ3n) is 8.28. The second-order valence-corrected chi connectivity index (χ2v) is 14.1. The molecule has 0 aromatic rings. The molecule has 8 nitrogen and oxygen atoms in total. The molecule has 0 bridgehead atoms. The highest BCUT2D eigenvalue weighted by Gasteiger charge is 2.22. The SMILES string of the molecule is CCCCCCCC/C=C/CCCCCCCC(=O)OCC(COP(=O)(O)O)OC(=O)CCCCCCCCCCCCCCC. The van der Waals surface area contributed by atoms with Crippen molar-refractivity contribution >= 4 is 19.8 Å². The highest BCUT2D eigenvalue weighted by Crippen LogP contribution is 2.36. The van der Waals surface area contributed by atoms with Gasteiger partial charge in [-0.15, -0.1) is 0 Å². The highest BCUT2D eigenvalue weighted by atomic mass is 31.2. The molecule has 0 fully saturated rings. The topological polar surface area (TPSA) is 119 Å². The minimum atomic E-state index is -4.74. The van der Waals surface area contributed by atoms with Gasteiger partial charge in [-0.05, 0) is 38.5 Å². The van der Waals surface area contributed by atoms with Crippen LogP contribution in [0, 0.1) is 0 Å². The number of phosphoric ester groups is 1. The molecule has 0 aromatic carbocycles. The normalized spacial score (nSPS) is 12.5. The molecule has 0 saturated heterocycles. The number of hydrogen-bond acceptors (Lipinski definition) is 6. The maximum atomic E-state index is 12.3. The van der Waals surface area contributed by atoms with E-state index in [0.29, 0.717) is 6.42 Å². The van der Waals surface area contributed by atoms with E-state index in [1.165, 1.54) is 103 Å². The number of unbranched alkanes of at least 4 members (excludes halogenated alkanes) is 23. The predicted molar refractivity (Wildman–Crippen MR) is 189 cm³/mol. The van der Waals surface area contributed by atoms with E-state index in [1.807, 2.05) is 0 Å². The first-order valence-electron chi connectivity index (χ1n) is 19.0. The molecule has 0 amide bonds. The molecule has 46 heavy (non-hydrogen) atoms. The van der Waals surface area contributed by atoms with Crippen molar-refractivity contribution in [1.82, 2.24) is 0 Å². The average Bonchev–Trinajstić information content (AvgIpc) is 3.02. The van der Waals surface area contributed by atoms with Crippen LogP contribution in [0.15, 0.2) is 12.2 Å². The molecular weight excluding hydrogens is 603 g/mol. The van der Waals surface area contributed by atoms with Crippen molar-refractivity contribution in [1.29, 1.82) is 0 Å². The summed E-state index contributed by atoms with van der Waals surface area (Å²) in [6.45, 7) is 3.67. The summed E-state index contributed by atoms with van der Waals surface area (Å²) < 4.78 is 26.3. The molecule has 0 aliphatic rings. The number of hydrogen-bond donors (Lipinski definition) is 2. The molecule has 0 aromatic heterocycles. The average molecular weight is 675 g/mol. The maximum Gasteiger partial charge on any atom is 0.469 e. The Kier molecular flexibility index (Phi) is 32.8. The van der Waals surface area contributed by atoms with E-state index in [0.717, 1.165) is 57.8 Å². The zero-order valence-electron chi connectivity index (χ0n) is 29.7. The molecule has 0 aliphatic heterocycles. The van der Waals surface area contributed by atoms with Gasteiger partial charge in [0.05, 0.1) is 6.61 Å². The van der Waals surface area contributed by atoms with Crippen LogP contribution >= 0.6 is 7.82 Å². The number of carbonyl (C=O) groups is 2. The van der Waals surface area contributed by atoms with Crippen molar-refractivity contribution in [2.45, 2.75) is 200 Å². The van der Waals surface area contributed by atoms with E-state index in [1.54, 1.807) is 0 Å². The summed E-state index contributed by atoms with van der Waals surface area (Å²) in [5.74, 6) is -0.887. The zero-order valence-corrected chi connectivity index (χ0v) is 30.6. The Hall–Kier alpha value is -1.21. The van der Waals surface area contributed by atoms with E-state index >= 15 is 0 Å². The molecule has 0 heterocycles. The summed E-state index contributed by atoms with van der Waals surface area (Å²) in [6.07, 6.45) is 35.0. The Bertz CT molecular complexity index is 766. The third kappa shape index (κ3) is 35.6. The summed E-state index contributed by atoms with van der Waals surface area (Å²) in [6, 6.07) is 0. The van der Waals surface area contributed by atoms with Gasteiger partial charge in [0.2, 0.25) is 0 Å². The summed E-state index contributed by atoms with van der Waals surface area (Å²) in [7, 11) is -4.74. The number of allylic oxidation sites excluding steroid dienone is 2. The Morgan fingerprint density at radius 1 is 0.543 bits per heavy atom. The van der Waals surface area contributed by atoms with Crippen molar-refractivity contribution in [2.24, 2.45) is 0 Å². The van der Waals surface area contributed by atoms with Gasteiger partial charge in [-0.3, -0.25) is 14.1 Å². The Morgan fingerprint density at radius 3 is 1.33 bits per heavy atom. The van der Waals surface area contributed by atoms with E-state index in [4.69, 9.17) is 19.3 Å². The number of carbonyl (C=O) groups excluding carboxylic acids is 2. The largest absolute Gasteiger partial charge is 0.469 e. The molecule has 0 aliphatic carbocycles. The second-order valence-electron chi connectivity index (χ2n) is 12.9. The molecule has 0 spiro atoms. The highest BCUT2D eigenvalue weighted by molar-refractivity contribution is 7.46. The summed E-state index contributed by atoms with van der Waals surface area (Å²) in [4.78, 5) is 42.7. The Morgan fingerprint density at radius 2 is 0.913 bits per heavy atom. The van der Waals surface area contributed by atoms with E-state index in [-0.39, 0.29) is 19.4 Å². The smallest absolute Gasteiger partial charge is 0.462 e. The Balaban J connectivity index is 3.95. The fourth-order valence-electron chi connectivity index (χ4n) is 5.43. The molecule has 0 saturated carbocycles. The first-order chi connectivity index (χ1) is 22.3. The molecule has 9 heteroatoms. The summed E-state index contributed by atoms with van der Waals surface area (Å²) in [5, 5.41) is 0. The minimum absolute atomic E-state index is 0.215. The molecular formula is C37H71O8P. The molecule has 2 N–H and O–H groups in total. The third-order valence-corrected chi connectivity index (χ3v) is 8.77. The fraction of sp³-hybridized carbons (Fsp3) is 0.892. The van der Waals surface area contributed by atoms with Crippen LogP contribution in [-0.4, -0.2) is 41.0 Å². The van der Waals surface area contributed by atoms with Gasteiger partial charge >= 0.3 is 19.8 Å². The van der Waals surface area contributed by atoms with Crippen molar-refractivity contribution in [3.05, 3.63) is 12.2 Å². The summed E-state index contributed by atoms with van der Waals surface area (Å²) in [5.41, 5.74) is 0. The van der Waals surface area contributed by atoms with Crippen LogP contribution in [0.1, 0.15) is 194 Å². The van der Waals surface area contributed by atoms with Crippen LogP contribution in [-0.2, 0) is 28.2 Å². The van der Waals surface area contributed by atoms with Gasteiger partial charge in [-0.25, -0.2) is 4.57 Å². The summed E-state index contributed by atoms with van der Waals surface area (Å²) >= 11 is 0. The van der Waals surface area contributed by atoms with Gasteiger partial charge in [0.25, 0.3) is 0 Å². The predicted octanol–water partition coefficient (Wildman–Crippen LogP) is 11.1. The quantitative estimate of drug-likeness (QED) is 0.0295. The van der Waals surface area contributed by atoms with Crippen LogP contribution in [0.2, 0.25) is 0 Å². The second kappa shape index (κ2) is 33.7. The molecule has 1 atom stereocenters. The van der Waals surface area contributed by atoms with Gasteiger partial charge in [0, 0.05) is 12.8 Å². The lowest BCUT2D eigenvalue weighted by molar-refractivity contribution is -0.161. The van der Waals surface area contributed by atoms with Gasteiger partial charge in [-0.1, -0.05) is 154 Å². The minimum Gasteiger partial charge on any atom is -0.462 e. The van der Waals surface area contributed by atoms with Crippen molar-refractivity contribution in [3.63, 3.8) is 0 Å². The molecule has 1 unspecified atom stereocenters. The van der Waals surface area contributed by atoms with Crippen LogP contribution in [0.25, 0.3) is 0 Å². The molecule has 0 rings (SSSR count). The lowest BCUT2D eigenvalue weighted by Crippen LogP contribution is -2.29. The van der Waals surface area contributed by atoms with Crippen molar-refractivity contribution in [2.75, 3.05) is 13.2 Å². The number of phosphoric acid groups is 1. The first kappa shape index (κ1) is 44.8. The Labute approximate surface area is 282 Å². The van der Waals surface area contributed by atoms with Gasteiger partial charge in [0.15, 0.2) is 6.10 Å². The monoisotopic (exact) mass is 674 g/mol. The fourth-order valence-corrected chi connectivity index (χ4v) is 5.79. The van der Waals surface area contributed by atoms with Crippen LogP contribution in [0.5, 0.6) is 0 Å². The van der Waals surface area contributed by atoms with E-state index < -0.39 is 32.5 Å². The number of ether oxygens (including phenoxy) is 2. The van der Waals surface area contributed by atoms with Crippen LogP contribution in [0.4, 0.5) is 0 Å². The van der Waals surface area contributed by atoms with Crippen molar-refractivity contribution in [3.8, 4) is 0 Å². The van der Waals surface area contributed by atoms with E-state index in [9.17, 15) is 14.2 Å². The lowest BCUT2D eigenvalue weighted by atomic mass is 10.0. The van der Waals surface area contributed by atoms with Crippen molar-refractivity contribution < 1.29 is 37.9 Å². The van der Waals surface area contributed by atoms with Crippen LogP contribution in [0.3, 0.4) is 0 Å². The van der Waals surface area contributed by atoms with Crippen LogP contribution < -0.4 is 0 Å². The van der Waals surface area contributed by atoms with Gasteiger partial charge in [0.1, 0.15) is 6.61 Å². The maximum absolute atomic E-state index is 12.3. The first-order valence-corrected chi connectivity index (χ1v) is 20.5. The number of esters is 2. The van der Waals surface area contributed by atoms with Gasteiger partial charge < -0.3 is 19.3 Å². The zero-order chi connectivity index (χ0) is 34.0. The molecule has 272 valence electrons. The number of rotatable bonds is 35. The molecule has 0 radical (unpaired) electrons. The standard InChI is InChI=1S/C37H71O8P/c1-3-5-7-9-11-13-15-17-18-20-21-23-25-27-29-31-36(38)43-33-35(34-44-46(40,41)42)45-37(39)32-30-28-26-24-22-19-16-14-12-10-8-6-4-2/h17-18,35H,3-16,19-34H2,1-2H3,(H2,40,41,42)/b18-17+. The van der Waals surface area contributed by atoms with E-state index in [2.05, 4.69) is 30.5 Å². The van der Waals surface area contributed by atoms with Gasteiger partial charge in [-0.2, -0.15) is 0 Å².